The molecule has 0 spiro atoms. The molecule has 1 rings (SSSR count). The summed E-state index contributed by atoms with van der Waals surface area (Å²) in [4.78, 5) is 35.0. The lowest BCUT2D eigenvalue weighted by molar-refractivity contribution is -0.174. The Hall–Kier alpha value is -2.11. The molecule has 0 aromatic rings. The first kappa shape index (κ1) is 14.9. The zero-order chi connectivity index (χ0) is 14.5. The van der Waals surface area contributed by atoms with E-state index in [4.69, 9.17) is 9.47 Å². The van der Waals surface area contributed by atoms with E-state index in [2.05, 4.69) is 18.5 Å². The van der Waals surface area contributed by atoms with E-state index in [0.29, 0.717) is 0 Å². The molecule has 1 saturated heterocycles. The highest BCUT2D eigenvalue weighted by molar-refractivity contribution is 6.03. The van der Waals surface area contributed by atoms with E-state index in [1.165, 1.54) is 19.1 Å². The summed E-state index contributed by atoms with van der Waals surface area (Å²) in [6, 6.07) is -0.616. The molecule has 1 N–H and O–H groups in total. The van der Waals surface area contributed by atoms with Crippen molar-refractivity contribution in [3.63, 3.8) is 0 Å². The summed E-state index contributed by atoms with van der Waals surface area (Å²) < 4.78 is 9.83. The highest BCUT2D eigenvalue weighted by Gasteiger charge is 2.55. The third-order valence-electron chi connectivity index (χ3n) is 2.93. The van der Waals surface area contributed by atoms with E-state index >= 15 is 0 Å². The molecule has 1 fully saturated rings. The molecule has 0 aromatic carbocycles. The number of esters is 2. The van der Waals surface area contributed by atoms with Crippen LogP contribution < -0.4 is 5.32 Å². The average Bonchev–Trinajstić information content (AvgIpc) is 2.37. The summed E-state index contributed by atoms with van der Waals surface area (Å²) in [6.07, 6.45) is 2.88. The van der Waals surface area contributed by atoms with Crippen molar-refractivity contribution in [2.24, 2.45) is 5.41 Å². The molecule has 0 saturated carbocycles. The predicted octanol–water partition coefficient (Wildman–Crippen LogP) is 0.340. The minimum Gasteiger partial charge on any atom is -0.461 e. The van der Waals surface area contributed by atoms with E-state index in [1.54, 1.807) is 0 Å². The standard InChI is InChI=1S/C13H17NO5/c1-4-6-18-11(16)13(3,9-8-10(15)14-9)12(17)19-7-5-2/h4-5,9H,1-2,6-8H2,3H3,(H,14,15). The van der Waals surface area contributed by atoms with Gasteiger partial charge in [-0.1, -0.05) is 25.3 Å². The van der Waals surface area contributed by atoms with Crippen molar-refractivity contribution in [3.8, 4) is 0 Å². The lowest BCUT2D eigenvalue weighted by Crippen LogP contribution is -2.63. The normalized spacial score (nSPS) is 17.7. The SMILES string of the molecule is C=CCOC(=O)C(C)(C(=O)OCC=C)C1CC(=O)N1. The summed E-state index contributed by atoms with van der Waals surface area (Å²) in [5, 5.41) is 2.51. The Morgan fingerprint density at radius 3 is 2.05 bits per heavy atom. The molecule has 1 unspecified atom stereocenters. The number of rotatable bonds is 7. The Morgan fingerprint density at radius 1 is 1.32 bits per heavy atom. The number of nitrogens with one attached hydrogen (secondary N) is 1. The minimum absolute atomic E-state index is 0.0101. The summed E-state index contributed by atoms with van der Waals surface area (Å²) in [6.45, 7) is 8.22. The van der Waals surface area contributed by atoms with E-state index in [-0.39, 0.29) is 25.5 Å². The minimum atomic E-state index is -1.56. The number of hydrogen-bond donors (Lipinski definition) is 1. The van der Waals surface area contributed by atoms with Gasteiger partial charge in [0, 0.05) is 6.42 Å². The highest BCUT2D eigenvalue weighted by atomic mass is 16.6. The molecular weight excluding hydrogens is 250 g/mol. The number of amides is 1. The third-order valence-corrected chi connectivity index (χ3v) is 2.93. The van der Waals surface area contributed by atoms with E-state index in [0.717, 1.165) is 0 Å². The van der Waals surface area contributed by atoms with Crippen molar-refractivity contribution in [2.75, 3.05) is 13.2 Å². The summed E-state index contributed by atoms with van der Waals surface area (Å²) in [5.41, 5.74) is -1.56. The molecular formula is C13H17NO5. The second-order valence-corrected chi connectivity index (χ2v) is 4.30. The first-order valence-corrected chi connectivity index (χ1v) is 5.82. The Bertz CT molecular complexity index is 383. The molecule has 1 atom stereocenters. The zero-order valence-electron chi connectivity index (χ0n) is 10.8. The summed E-state index contributed by atoms with van der Waals surface area (Å²) in [5.74, 6) is -1.71. The van der Waals surface area contributed by atoms with Crippen LogP contribution in [0.25, 0.3) is 0 Å². The molecule has 0 aromatic heterocycles. The van der Waals surface area contributed by atoms with Crippen molar-refractivity contribution in [2.45, 2.75) is 19.4 Å². The molecule has 1 heterocycles. The monoisotopic (exact) mass is 267 g/mol. The Kier molecular flexibility index (Phi) is 4.86. The summed E-state index contributed by atoms with van der Waals surface area (Å²) >= 11 is 0. The fourth-order valence-corrected chi connectivity index (χ4v) is 1.64. The van der Waals surface area contributed by atoms with Gasteiger partial charge in [-0.05, 0) is 6.92 Å². The average molecular weight is 267 g/mol. The van der Waals surface area contributed by atoms with Crippen LogP contribution in [-0.4, -0.2) is 37.1 Å². The van der Waals surface area contributed by atoms with Gasteiger partial charge in [-0.3, -0.25) is 14.4 Å². The first-order chi connectivity index (χ1) is 8.96. The maximum atomic E-state index is 12.0. The van der Waals surface area contributed by atoms with Crippen LogP contribution in [0.4, 0.5) is 0 Å². The van der Waals surface area contributed by atoms with Crippen LogP contribution in [0.15, 0.2) is 25.3 Å². The molecule has 104 valence electrons. The molecule has 1 aliphatic heterocycles. The van der Waals surface area contributed by atoms with Gasteiger partial charge in [-0.25, -0.2) is 0 Å². The first-order valence-electron chi connectivity index (χ1n) is 5.82. The number of carbonyl (C=O) groups is 3. The van der Waals surface area contributed by atoms with Crippen molar-refractivity contribution in [1.29, 1.82) is 0 Å². The smallest absolute Gasteiger partial charge is 0.325 e. The fourth-order valence-electron chi connectivity index (χ4n) is 1.64. The number of hydrogen-bond acceptors (Lipinski definition) is 5. The third kappa shape index (κ3) is 3.01. The lowest BCUT2D eigenvalue weighted by atomic mass is 9.77. The van der Waals surface area contributed by atoms with Gasteiger partial charge in [-0.15, -0.1) is 0 Å². The molecule has 0 radical (unpaired) electrons. The van der Waals surface area contributed by atoms with E-state index in [1.807, 2.05) is 0 Å². The van der Waals surface area contributed by atoms with Crippen LogP contribution >= 0.6 is 0 Å². The van der Waals surface area contributed by atoms with Crippen molar-refractivity contribution in [1.82, 2.24) is 5.32 Å². The second kappa shape index (κ2) is 6.17. The maximum Gasteiger partial charge on any atom is 0.325 e. The van der Waals surface area contributed by atoms with Gasteiger partial charge in [0.05, 0.1) is 6.04 Å². The Balaban J connectivity index is 2.85. The van der Waals surface area contributed by atoms with Gasteiger partial charge in [0.2, 0.25) is 5.91 Å². The van der Waals surface area contributed by atoms with Crippen LogP contribution in [0.3, 0.4) is 0 Å². The molecule has 0 bridgehead atoms. The summed E-state index contributed by atoms with van der Waals surface area (Å²) in [7, 11) is 0. The molecule has 0 aliphatic carbocycles. The Morgan fingerprint density at radius 2 is 1.74 bits per heavy atom. The quantitative estimate of drug-likeness (QED) is 0.311. The molecule has 1 amide bonds. The van der Waals surface area contributed by atoms with Gasteiger partial charge in [-0.2, -0.15) is 0 Å². The molecule has 6 nitrogen and oxygen atoms in total. The fraction of sp³-hybridized carbons (Fsp3) is 0.462. The highest BCUT2D eigenvalue weighted by Crippen LogP contribution is 2.31. The van der Waals surface area contributed by atoms with E-state index in [9.17, 15) is 14.4 Å². The number of β-lactam (4-membered cyclic amide) rings is 1. The van der Waals surface area contributed by atoms with Crippen LogP contribution in [0.1, 0.15) is 13.3 Å². The van der Waals surface area contributed by atoms with Crippen LogP contribution in [-0.2, 0) is 23.9 Å². The van der Waals surface area contributed by atoms with Gasteiger partial charge < -0.3 is 14.8 Å². The molecule has 6 heteroatoms. The van der Waals surface area contributed by atoms with Gasteiger partial charge in [0.1, 0.15) is 13.2 Å². The topological polar surface area (TPSA) is 81.7 Å². The predicted molar refractivity (Wildman–Crippen MR) is 67.0 cm³/mol. The molecule has 1 aliphatic rings. The van der Waals surface area contributed by atoms with Crippen molar-refractivity contribution in [3.05, 3.63) is 25.3 Å². The number of carbonyl (C=O) groups excluding carboxylic acids is 3. The Labute approximate surface area is 111 Å². The van der Waals surface area contributed by atoms with E-state index < -0.39 is 23.4 Å². The molecule has 19 heavy (non-hydrogen) atoms. The number of ether oxygens (including phenoxy) is 2. The van der Waals surface area contributed by atoms with Gasteiger partial charge >= 0.3 is 11.9 Å². The van der Waals surface area contributed by atoms with Gasteiger partial charge in [0.25, 0.3) is 0 Å². The van der Waals surface area contributed by atoms with Crippen LogP contribution in [0.2, 0.25) is 0 Å². The van der Waals surface area contributed by atoms with Crippen molar-refractivity contribution < 1.29 is 23.9 Å². The van der Waals surface area contributed by atoms with Crippen LogP contribution in [0.5, 0.6) is 0 Å². The largest absolute Gasteiger partial charge is 0.461 e. The lowest BCUT2D eigenvalue weighted by Gasteiger charge is -2.38. The zero-order valence-corrected chi connectivity index (χ0v) is 10.8. The van der Waals surface area contributed by atoms with Crippen LogP contribution in [0, 0.1) is 5.41 Å². The maximum absolute atomic E-state index is 12.0. The second-order valence-electron chi connectivity index (χ2n) is 4.30. The van der Waals surface area contributed by atoms with Gasteiger partial charge in [0.15, 0.2) is 5.41 Å². The van der Waals surface area contributed by atoms with Crippen molar-refractivity contribution >= 4 is 17.8 Å².